The first kappa shape index (κ1) is 11.6. The molecule has 0 amide bonds. The molecule has 0 atom stereocenters. The van der Waals surface area contributed by atoms with Crippen molar-refractivity contribution in [3.05, 3.63) is 23.2 Å². The molecular formula is C12H17ClN2O. The normalized spacial score (nSPS) is 18.6. The molecule has 1 aromatic rings. The lowest BCUT2D eigenvalue weighted by Crippen LogP contribution is -2.39. The number of para-hydroxylation sites is 1. The Balaban J connectivity index is 2.25. The smallest absolute Gasteiger partial charge is 0.0768 e. The van der Waals surface area contributed by atoms with Crippen LogP contribution in [0.15, 0.2) is 18.2 Å². The third-order valence-electron chi connectivity index (χ3n) is 3.30. The van der Waals surface area contributed by atoms with Crippen molar-refractivity contribution in [2.75, 3.05) is 17.7 Å². The first-order valence-electron chi connectivity index (χ1n) is 5.60. The van der Waals surface area contributed by atoms with Gasteiger partial charge < -0.3 is 16.2 Å². The number of nitrogens with two attached hydrogens (primary N) is 1. The lowest BCUT2D eigenvalue weighted by atomic mass is 9.98. The average Bonchev–Trinajstić information content (AvgIpc) is 2.73. The minimum absolute atomic E-state index is 0.123. The van der Waals surface area contributed by atoms with Crippen LogP contribution >= 0.6 is 11.6 Å². The van der Waals surface area contributed by atoms with E-state index in [2.05, 4.69) is 5.32 Å². The summed E-state index contributed by atoms with van der Waals surface area (Å²) in [5.41, 5.74) is 7.03. The summed E-state index contributed by atoms with van der Waals surface area (Å²) in [7, 11) is 0. The van der Waals surface area contributed by atoms with Crippen molar-refractivity contribution in [2.24, 2.45) is 0 Å². The Bertz CT molecular complexity index is 355. The molecule has 4 N–H and O–H groups in total. The van der Waals surface area contributed by atoms with Crippen LogP contribution in [0, 0.1) is 0 Å². The molecule has 0 aliphatic heterocycles. The highest BCUT2D eigenvalue weighted by Crippen LogP contribution is 2.37. The van der Waals surface area contributed by atoms with Crippen molar-refractivity contribution in [1.82, 2.24) is 0 Å². The van der Waals surface area contributed by atoms with Crippen LogP contribution in [-0.2, 0) is 0 Å². The third-order valence-corrected chi connectivity index (χ3v) is 3.61. The van der Waals surface area contributed by atoms with Crippen LogP contribution in [0.3, 0.4) is 0 Å². The molecule has 0 heterocycles. The van der Waals surface area contributed by atoms with E-state index in [4.69, 9.17) is 17.3 Å². The number of hydrogen-bond donors (Lipinski definition) is 3. The Kier molecular flexibility index (Phi) is 3.26. The number of anilines is 2. The Morgan fingerprint density at radius 1 is 1.38 bits per heavy atom. The number of benzene rings is 1. The number of nitrogens with one attached hydrogen (secondary N) is 1. The van der Waals surface area contributed by atoms with Crippen LogP contribution in [0.25, 0.3) is 0 Å². The van der Waals surface area contributed by atoms with Crippen LogP contribution in [0.1, 0.15) is 25.7 Å². The Morgan fingerprint density at radius 2 is 2.06 bits per heavy atom. The molecule has 0 bridgehead atoms. The predicted octanol–water partition coefficient (Wildman–Crippen LogP) is 2.64. The zero-order chi connectivity index (χ0) is 11.6. The quantitative estimate of drug-likeness (QED) is 0.712. The molecule has 3 nitrogen and oxygen atoms in total. The molecule has 0 spiro atoms. The highest BCUT2D eigenvalue weighted by Gasteiger charge is 2.33. The lowest BCUT2D eigenvalue weighted by molar-refractivity contribution is 0.214. The second-order valence-corrected chi connectivity index (χ2v) is 4.88. The van der Waals surface area contributed by atoms with Gasteiger partial charge in [-0.2, -0.15) is 0 Å². The molecule has 1 saturated carbocycles. The maximum absolute atomic E-state index is 9.51. The van der Waals surface area contributed by atoms with E-state index in [1.165, 1.54) is 0 Å². The number of aliphatic hydroxyl groups is 1. The number of hydrogen-bond acceptors (Lipinski definition) is 3. The maximum Gasteiger partial charge on any atom is 0.0768 e. The van der Waals surface area contributed by atoms with Crippen LogP contribution in [0.5, 0.6) is 0 Å². The number of aliphatic hydroxyl groups excluding tert-OH is 1. The molecule has 0 radical (unpaired) electrons. The monoisotopic (exact) mass is 240 g/mol. The first-order chi connectivity index (χ1) is 7.67. The van der Waals surface area contributed by atoms with Crippen LogP contribution in [-0.4, -0.2) is 17.3 Å². The standard InChI is InChI=1S/C12H17ClN2O/c13-9-4-3-5-10(14)11(9)15-12(8-16)6-1-2-7-12/h3-5,15-16H,1-2,6-8,14H2. The van der Waals surface area contributed by atoms with Crippen LogP contribution in [0.4, 0.5) is 11.4 Å². The largest absolute Gasteiger partial charge is 0.397 e. The molecule has 0 unspecified atom stereocenters. The summed E-state index contributed by atoms with van der Waals surface area (Å²) in [5, 5.41) is 13.5. The minimum atomic E-state index is -0.237. The van der Waals surface area contributed by atoms with Crippen molar-refractivity contribution in [1.29, 1.82) is 0 Å². The topological polar surface area (TPSA) is 58.3 Å². The summed E-state index contributed by atoms with van der Waals surface area (Å²) in [5.74, 6) is 0. The van der Waals surface area contributed by atoms with Gasteiger partial charge in [0, 0.05) is 0 Å². The van der Waals surface area contributed by atoms with Gasteiger partial charge in [0.05, 0.1) is 28.5 Å². The van der Waals surface area contributed by atoms with Gasteiger partial charge in [-0.15, -0.1) is 0 Å². The first-order valence-corrected chi connectivity index (χ1v) is 5.98. The number of nitrogen functional groups attached to an aromatic ring is 1. The van der Waals surface area contributed by atoms with E-state index in [0.717, 1.165) is 31.4 Å². The van der Waals surface area contributed by atoms with E-state index in [9.17, 15) is 5.11 Å². The molecule has 16 heavy (non-hydrogen) atoms. The van der Waals surface area contributed by atoms with E-state index >= 15 is 0 Å². The number of rotatable bonds is 3. The molecule has 1 aliphatic carbocycles. The Morgan fingerprint density at radius 3 is 2.62 bits per heavy atom. The van der Waals surface area contributed by atoms with Crippen molar-refractivity contribution in [3.8, 4) is 0 Å². The van der Waals surface area contributed by atoms with Crippen LogP contribution < -0.4 is 11.1 Å². The van der Waals surface area contributed by atoms with Gasteiger partial charge in [0.15, 0.2) is 0 Å². The summed E-state index contributed by atoms with van der Waals surface area (Å²) >= 11 is 6.10. The van der Waals surface area contributed by atoms with Gasteiger partial charge in [0.25, 0.3) is 0 Å². The van der Waals surface area contributed by atoms with Gasteiger partial charge in [-0.3, -0.25) is 0 Å². The maximum atomic E-state index is 9.51. The van der Waals surface area contributed by atoms with Gasteiger partial charge in [-0.25, -0.2) is 0 Å². The average molecular weight is 241 g/mol. The Hall–Kier alpha value is -0.930. The molecule has 1 aromatic carbocycles. The van der Waals surface area contributed by atoms with Crippen molar-refractivity contribution in [2.45, 2.75) is 31.2 Å². The van der Waals surface area contributed by atoms with E-state index in [-0.39, 0.29) is 12.1 Å². The zero-order valence-corrected chi connectivity index (χ0v) is 9.93. The predicted molar refractivity (Wildman–Crippen MR) is 67.8 cm³/mol. The fraction of sp³-hybridized carbons (Fsp3) is 0.500. The molecule has 88 valence electrons. The number of halogens is 1. The summed E-state index contributed by atoms with van der Waals surface area (Å²) in [4.78, 5) is 0. The van der Waals surface area contributed by atoms with E-state index < -0.39 is 0 Å². The molecule has 1 aliphatic rings. The molecule has 0 saturated heterocycles. The molecule has 2 rings (SSSR count). The fourth-order valence-electron chi connectivity index (χ4n) is 2.31. The Labute approximate surface area is 101 Å². The summed E-state index contributed by atoms with van der Waals surface area (Å²) in [6.07, 6.45) is 4.21. The van der Waals surface area contributed by atoms with Gasteiger partial charge in [-0.1, -0.05) is 30.5 Å². The van der Waals surface area contributed by atoms with Gasteiger partial charge in [-0.05, 0) is 25.0 Å². The van der Waals surface area contributed by atoms with Crippen molar-refractivity contribution in [3.63, 3.8) is 0 Å². The van der Waals surface area contributed by atoms with Gasteiger partial charge in [0.1, 0.15) is 0 Å². The fourth-order valence-corrected chi connectivity index (χ4v) is 2.54. The van der Waals surface area contributed by atoms with E-state index in [0.29, 0.717) is 10.7 Å². The second kappa shape index (κ2) is 4.52. The van der Waals surface area contributed by atoms with Crippen LogP contribution in [0.2, 0.25) is 5.02 Å². The highest BCUT2D eigenvalue weighted by molar-refractivity contribution is 6.33. The molecule has 4 heteroatoms. The van der Waals surface area contributed by atoms with E-state index in [1.54, 1.807) is 6.07 Å². The second-order valence-electron chi connectivity index (χ2n) is 4.47. The molecule has 1 fully saturated rings. The summed E-state index contributed by atoms with van der Waals surface area (Å²) in [6.45, 7) is 0.123. The van der Waals surface area contributed by atoms with Crippen molar-refractivity contribution >= 4 is 23.0 Å². The van der Waals surface area contributed by atoms with E-state index in [1.807, 2.05) is 12.1 Å². The van der Waals surface area contributed by atoms with Crippen molar-refractivity contribution < 1.29 is 5.11 Å². The highest BCUT2D eigenvalue weighted by atomic mass is 35.5. The molecule has 0 aromatic heterocycles. The zero-order valence-electron chi connectivity index (χ0n) is 9.17. The lowest BCUT2D eigenvalue weighted by Gasteiger charge is -2.30. The van der Waals surface area contributed by atoms with Gasteiger partial charge in [0.2, 0.25) is 0 Å². The third kappa shape index (κ3) is 2.11. The summed E-state index contributed by atoms with van der Waals surface area (Å²) in [6, 6.07) is 5.44. The minimum Gasteiger partial charge on any atom is -0.397 e. The SMILES string of the molecule is Nc1cccc(Cl)c1NC1(CO)CCCC1. The molecular weight excluding hydrogens is 224 g/mol. The summed E-state index contributed by atoms with van der Waals surface area (Å²) < 4.78 is 0. The van der Waals surface area contributed by atoms with Gasteiger partial charge >= 0.3 is 0 Å².